The molecular formula is C16H13ClN4O3. The van der Waals surface area contributed by atoms with E-state index in [1.807, 2.05) is 0 Å². The van der Waals surface area contributed by atoms with Crippen LogP contribution in [0.15, 0.2) is 51.1 Å². The maximum atomic E-state index is 11.8. The molecule has 0 saturated carbocycles. The highest BCUT2D eigenvalue weighted by Gasteiger charge is 2.08. The molecule has 0 amide bonds. The number of aryl methyl sites for hydroxylation is 1. The van der Waals surface area contributed by atoms with Crippen molar-refractivity contribution in [1.29, 1.82) is 0 Å². The predicted molar refractivity (Wildman–Crippen MR) is 89.2 cm³/mol. The molecule has 0 aliphatic carbocycles. The van der Waals surface area contributed by atoms with Gasteiger partial charge in [-0.05, 0) is 30.7 Å². The maximum absolute atomic E-state index is 11.8. The molecule has 1 aromatic carbocycles. The Kier molecular flexibility index (Phi) is 4.43. The first kappa shape index (κ1) is 15.9. The Bertz CT molecular complexity index is 948. The molecule has 0 atom stereocenters. The molecule has 0 spiro atoms. The van der Waals surface area contributed by atoms with E-state index in [1.54, 1.807) is 36.1 Å². The Labute approximate surface area is 141 Å². The summed E-state index contributed by atoms with van der Waals surface area (Å²) in [4.78, 5) is 19.8. The Hall–Kier alpha value is -2.93. The first-order valence-corrected chi connectivity index (χ1v) is 7.39. The Morgan fingerprint density at radius 3 is 2.96 bits per heavy atom. The molecule has 2 aromatic heterocycles. The summed E-state index contributed by atoms with van der Waals surface area (Å²) in [5, 5.41) is 14.4. The molecule has 0 aliphatic rings. The van der Waals surface area contributed by atoms with Gasteiger partial charge in [-0.2, -0.15) is 5.10 Å². The van der Waals surface area contributed by atoms with E-state index in [0.29, 0.717) is 23.0 Å². The van der Waals surface area contributed by atoms with Gasteiger partial charge in [-0.15, -0.1) is 0 Å². The highest BCUT2D eigenvalue weighted by molar-refractivity contribution is 6.31. The predicted octanol–water partition coefficient (Wildman–Crippen LogP) is 2.70. The van der Waals surface area contributed by atoms with Crippen LogP contribution in [0.1, 0.15) is 16.9 Å². The number of rotatable bonds is 4. The number of aromatic nitrogens is 3. The standard InChI is InChI=1S/C16H13ClN4O3/c1-10-4-15(22)13(16(23)24-10)6-19-12-2-3-14(17)11(5-12)7-21-9-18-8-20-21/h2-6,8-9,22H,7H2,1H3. The van der Waals surface area contributed by atoms with Gasteiger partial charge in [0.25, 0.3) is 0 Å². The second-order valence-corrected chi connectivity index (χ2v) is 5.48. The fourth-order valence-electron chi connectivity index (χ4n) is 2.11. The molecule has 24 heavy (non-hydrogen) atoms. The van der Waals surface area contributed by atoms with E-state index in [-0.39, 0.29) is 11.3 Å². The second kappa shape index (κ2) is 6.67. The van der Waals surface area contributed by atoms with Crippen LogP contribution in [0.5, 0.6) is 5.75 Å². The SMILES string of the molecule is Cc1cc(O)c(C=Nc2ccc(Cl)c(Cn3cncn3)c2)c(=O)o1. The molecule has 0 aliphatic heterocycles. The van der Waals surface area contributed by atoms with Crippen LogP contribution in [0.3, 0.4) is 0 Å². The molecule has 7 nitrogen and oxygen atoms in total. The normalized spacial score (nSPS) is 11.2. The van der Waals surface area contributed by atoms with Crippen LogP contribution in [0, 0.1) is 6.92 Å². The largest absolute Gasteiger partial charge is 0.507 e. The fourth-order valence-corrected chi connectivity index (χ4v) is 2.29. The van der Waals surface area contributed by atoms with E-state index in [9.17, 15) is 9.90 Å². The first-order chi connectivity index (χ1) is 11.5. The quantitative estimate of drug-likeness (QED) is 0.734. The van der Waals surface area contributed by atoms with Crippen LogP contribution < -0.4 is 5.63 Å². The third-order valence-corrected chi connectivity index (χ3v) is 3.63. The smallest absolute Gasteiger partial charge is 0.348 e. The monoisotopic (exact) mass is 344 g/mol. The summed E-state index contributed by atoms with van der Waals surface area (Å²) < 4.78 is 6.58. The number of benzene rings is 1. The molecule has 8 heteroatoms. The van der Waals surface area contributed by atoms with Crippen molar-refractivity contribution < 1.29 is 9.52 Å². The van der Waals surface area contributed by atoms with Crippen molar-refractivity contribution in [2.24, 2.45) is 4.99 Å². The van der Waals surface area contributed by atoms with Gasteiger partial charge in [0.1, 0.15) is 29.7 Å². The van der Waals surface area contributed by atoms with E-state index < -0.39 is 5.63 Å². The zero-order valence-electron chi connectivity index (χ0n) is 12.7. The first-order valence-electron chi connectivity index (χ1n) is 7.01. The van der Waals surface area contributed by atoms with E-state index >= 15 is 0 Å². The highest BCUT2D eigenvalue weighted by Crippen LogP contribution is 2.23. The molecule has 3 aromatic rings. The third-order valence-electron chi connectivity index (χ3n) is 3.26. The van der Waals surface area contributed by atoms with Gasteiger partial charge in [0, 0.05) is 17.3 Å². The molecule has 0 unspecified atom stereocenters. The van der Waals surface area contributed by atoms with Crippen LogP contribution in [0.2, 0.25) is 5.02 Å². The summed E-state index contributed by atoms with van der Waals surface area (Å²) >= 11 is 6.18. The molecule has 122 valence electrons. The van der Waals surface area contributed by atoms with Crippen LogP contribution >= 0.6 is 11.6 Å². The van der Waals surface area contributed by atoms with Gasteiger partial charge < -0.3 is 9.52 Å². The van der Waals surface area contributed by atoms with Gasteiger partial charge in [-0.1, -0.05) is 11.6 Å². The number of aromatic hydroxyl groups is 1. The highest BCUT2D eigenvalue weighted by atomic mass is 35.5. The van der Waals surface area contributed by atoms with Gasteiger partial charge in [0.15, 0.2) is 0 Å². The summed E-state index contributed by atoms with van der Waals surface area (Å²) in [5.41, 5.74) is 0.729. The van der Waals surface area contributed by atoms with Crippen molar-refractivity contribution in [2.75, 3.05) is 0 Å². The van der Waals surface area contributed by atoms with Gasteiger partial charge in [0.2, 0.25) is 0 Å². The molecular weight excluding hydrogens is 332 g/mol. The summed E-state index contributed by atoms with van der Waals surface area (Å²) in [5.74, 6) is 0.153. The van der Waals surface area contributed by atoms with E-state index in [0.717, 1.165) is 5.56 Å². The number of nitrogens with zero attached hydrogens (tertiary/aromatic N) is 4. The Morgan fingerprint density at radius 1 is 1.42 bits per heavy atom. The molecule has 3 rings (SSSR count). The summed E-state index contributed by atoms with van der Waals surface area (Å²) in [6.07, 6.45) is 4.29. The molecule has 2 heterocycles. The van der Waals surface area contributed by atoms with Gasteiger partial charge in [-0.25, -0.2) is 14.5 Å². The lowest BCUT2D eigenvalue weighted by Gasteiger charge is -2.05. The average Bonchev–Trinajstić information content (AvgIpc) is 3.02. The summed E-state index contributed by atoms with van der Waals surface area (Å²) in [6, 6.07) is 6.54. The average molecular weight is 345 g/mol. The summed E-state index contributed by atoms with van der Waals surface area (Å²) in [6.45, 7) is 2.03. The minimum absolute atomic E-state index is 0.00613. The van der Waals surface area contributed by atoms with Crippen LogP contribution in [-0.4, -0.2) is 26.1 Å². The minimum Gasteiger partial charge on any atom is -0.507 e. The molecule has 1 N–H and O–H groups in total. The van der Waals surface area contributed by atoms with E-state index in [1.165, 1.54) is 18.6 Å². The van der Waals surface area contributed by atoms with Crippen molar-refractivity contribution >= 4 is 23.5 Å². The van der Waals surface area contributed by atoms with Crippen molar-refractivity contribution in [3.8, 4) is 5.75 Å². The number of halogens is 1. The van der Waals surface area contributed by atoms with Crippen molar-refractivity contribution in [3.05, 3.63) is 69.3 Å². The molecule has 0 fully saturated rings. The zero-order valence-corrected chi connectivity index (χ0v) is 13.4. The lowest BCUT2D eigenvalue weighted by molar-refractivity contribution is 0.433. The zero-order chi connectivity index (χ0) is 17.1. The van der Waals surface area contributed by atoms with Gasteiger partial charge >= 0.3 is 5.63 Å². The number of hydrogen-bond acceptors (Lipinski definition) is 6. The molecule has 0 bridgehead atoms. The summed E-state index contributed by atoms with van der Waals surface area (Å²) in [7, 11) is 0. The fraction of sp³-hybridized carbons (Fsp3) is 0.125. The Morgan fingerprint density at radius 2 is 2.25 bits per heavy atom. The van der Waals surface area contributed by atoms with Crippen LogP contribution in [0.4, 0.5) is 5.69 Å². The lowest BCUT2D eigenvalue weighted by atomic mass is 10.2. The van der Waals surface area contributed by atoms with E-state index in [2.05, 4.69) is 15.1 Å². The second-order valence-electron chi connectivity index (χ2n) is 5.07. The number of aliphatic imine (C=N–C) groups is 1. The van der Waals surface area contributed by atoms with Gasteiger partial charge in [0.05, 0.1) is 12.2 Å². The third kappa shape index (κ3) is 3.52. The van der Waals surface area contributed by atoms with Crippen molar-refractivity contribution in [1.82, 2.24) is 14.8 Å². The molecule has 0 radical (unpaired) electrons. The Balaban J connectivity index is 1.89. The lowest BCUT2D eigenvalue weighted by Crippen LogP contribution is -2.07. The molecule has 0 saturated heterocycles. The van der Waals surface area contributed by atoms with Gasteiger partial charge in [-0.3, -0.25) is 4.99 Å². The maximum Gasteiger partial charge on any atom is 0.348 e. The van der Waals surface area contributed by atoms with Crippen LogP contribution in [0.25, 0.3) is 0 Å². The van der Waals surface area contributed by atoms with Crippen LogP contribution in [-0.2, 0) is 6.54 Å². The topological polar surface area (TPSA) is 93.5 Å². The number of hydrogen-bond donors (Lipinski definition) is 1. The minimum atomic E-state index is -0.645. The van der Waals surface area contributed by atoms with E-state index in [4.69, 9.17) is 16.0 Å². The van der Waals surface area contributed by atoms with Crippen molar-refractivity contribution in [3.63, 3.8) is 0 Å². The van der Waals surface area contributed by atoms with Crippen molar-refractivity contribution in [2.45, 2.75) is 13.5 Å².